The lowest BCUT2D eigenvalue weighted by Crippen LogP contribution is -2.46. The first-order chi connectivity index (χ1) is 13.7. The van der Waals surface area contributed by atoms with Crippen LogP contribution in [-0.2, 0) is 17.8 Å². The van der Waals surface area contributed by atoms with Crippen molar-refractivity contribution in [1.29, 1.82) is 0 Å². The molecule has 1 aliphatic heterocycles. The molecule has 29 heavy (non-hydrogen) atoms. The zero-order chi connectivity index (χ0) is 20.6. The van der Waals surface area contributed by atoms with Crippen molar-refractivity contribution in [2.24, 2.45) is 0 Å². The molecule has 0 amide bonds. The summed E-state index contributed by atoms with van der Waals surface area (Å²) in [5.41, 5.74) is 2.19. The fourth-order valence-corrected chi connectivity index (χ4v) is 4.59. The van der Waals surface area contributed by atoms with Gasteiger partial charge in [0.05, 0.1) is 16.9 Å². The summed E-state index contributed by atoms with van der Waals surface area (Å²) in [4.78, 5) is 19.7. The minimum Gasteiger partial charge on any atom is -0.368 e. The van der Waals surface area contributed by atoms with E-state index in [1.807, 2.05) is 24.3 Å². The van der Waals surface area contributed by atoms with Crippen LogP contribution in [0, 0.1) is 0 Å². The topological polar surface area (TPSA) is 46.8 Å². The lowest BCUT2D eigenvalue weighted by Gasteiger charge is -2.36. The van der Waals surface area contributed by atoms with E-state index in [1.165, 1.54) is 5.56 Å². The molecule has 0 aliphatic carbocycles. The Morgan fingerprint density at radius 2 is 1.79 bits per heavy atom. The van der Waals surface area contributed by atoms with Crippen molar-refractivity contribution in [3.8, 4) is 0 Å². The van der Waals surface area contributed by atoms with Crippen LogP contribution >= 0.6 is 0 Å². The molecule has 0 radical (unpaired) electrons. The average Bonchev–Trinajstić information content (AvgIpc) is 2.89. The number of fused-ring (bicyclic) bond motifs is 1. The summed E-state index contributed by atoms with van der Waals surface area (Å²) < 4.78 is 7.95. The minimum absolute atomic E-state index is 0.0486. The van der Waals surface area contributed by atoms with Crippen LogP contribution < -0.4 is 5.56 Å². The Bertz CT molecular complexity index is 1060. The molecular formula is C24H29N3O2. The molecule has 4 rings (SSSR count). The van der Waals surface area contributed by atoms with Gasteiger partial charge in [-0.05, 0) is 51.8 Å². The minimum atomic E-state index is -0.288. The first-order valence-corrected chi connectivity index (χ1v) is 10.2. The predicted molar refractivity (Wildman–Crippen MR) is 115 cm³/mol. The van der Waals surface area contributed by atoms with Gasteiger partial charge in [-0.25, -0.2) is 4.98 Å². The molecule has 0 saturated carbocycles. The number of hydrogen-bond donors (Lipinski definition) is 0. The highest BCUT2D eigenvalue weighted by molar-refractivity contribution is 5.38. The highest BCUT2D eigenvalue weighted by Crippen LogP contribution is 2.41. The maximum absolute atomic E-state index is 12.6. The maximum atomic E-state index is 12.6. The number of hydrogen-bond acceptors (Lipinski definition) is 4. The molecule has 0 spiro atoms. The number of rotatable bonds is 5. The third kappa shape index (κ3) is 4.26. The van der Waals surface area contributed by atoms with Gasteiger partial charge in [-0.1, -0.05) is 36.4 Å². The van der Waals surface area contributed by atoms with Gasteiger partial charge in [-0.2, -0.15) is 0 Å². The van der Waals surface area contributed by atoms with Crippen LogP contribution in [0.25, 0.3) is 5.65 Å². The fraction of sp³-hybridized carbons (Fsp3) is 0.417. The van der Waals surface area contributed by atoms with Crippen molar-refractivity contribution in [3.63, 3.8) is 0 Å². The summed E-state index contributed by atoms with van der Waals surface area (Å²) in [5.74, 6) is 0. The molecule has 0 N–H and O–H groups in total. The fourth-order valence-electron chi connectivity index (χ4n) is 4.59. The van der Waals surface area contributed by atoms with E-state index < -0.39 is 0 Å². The standard InChI is InChI=1S/C24H29N3O2/c1-23(2)15-20(24(3,4)29-23)26(16-18-10-6-5-7-11-18)17-19-14-22(28)27-13-9-8-12-21(27)25-19/h5-14,20H,15-17H2,1-4H3. The third-order valence-corrected chi connectivity index (χ3v) is 5.69. The Kier molecular flexibility index (Phi) is 5.05. The lowest BCUT2D eigenvalue weighted by molar-refractivity contribution is -0.0822. The van der Waals surface area contributed by atoms with Gasteiger partial charge in [0.1, 0.15) is 5.65 Å². The van der Waals surface area contributed by atoms with Crippen LogP contribution in [0.2, 0.25) is 0 Å². The SMILES string of the molecule is CC1(C)CC(N(Cc2ccccc2)Cc2cc(=O)n3ccccc3n2)C(C)(C)O1. The van der Waals surface area contributed by atoms with Crippen LogP contribution in [0.4, 0.5) is 0 Å². The first-order valence-electron chi connectivity index (χ1n) is 10.2. The van der Waals surface area contributed by atoms with Crippen molar-refractivity contribution in [3.05, 3.63) is 82.4 Å². The highest BCUT2D eigenvalue weighted by Gasteiger charge is 2.48. The van der Waals surface area contributed by atoms with Crippen molar-refractivity contribution < 1.29 is 4.74 Å². The van der Waals surface area contributed by atoms with Crippen molar-refractivity contribution in [1.82, 2.24) is 14.3 Å². The van der Waals surface area contributed by atoms with Gasteiger partial charge in [0.25, 0.3) is 5.56 Å². The molecule has 3 heterocycles. The van der Waals surface area contributed by atoms with Gasteiger partial charge in [-0.15, -0.1) is 0 Å². The van der Waals surface area contributed by atoms with Gasteiger partial charge in [-0.3, -0.25) is 14.1 Å². The van der Waals surface area contributed by atoms with Crippen molar-refractivity contribution >= 4 is 5.65 Å². The molecule has 2 aromatic heterocycles. The van der Waals surface area contributed by atoms with E-state index in [9.17, 15) is 4.79 Å². The van der Waals surface area contributed by atoms with Gasteiger partial charge in [0.2, 0.25) is 0 Å². The summed E-state index contributed by atoms with van der Waals surface area (Å²) in [6.45, 7) is 10.00. The largest absolute Gasteiger partial charge is 0.368 e. The van der Waals surface area contributed by atoms with Crippen LogP contribution in [0.15, 0.2) is 65.6 Å². The zero-order valence-corrected chi connectivity index (χ0v) is 17.6. The van der Waals surface area contributed by atoms with E-state index >= 15 is 0 Å². The van der Waals surface area contributed by atoms with E-state index in [4.69, 9.17) is 9.72 Å². The summed E-state index contributed by atoms with van der Waals surface area (Å²) >= 11 is 0. The summed E-state index contributed by atoms with van der Waals surface area (Å²) in [7, 11) is 0. The third-order valence-electron chi connectivity index (χ3n) is 5.69. The molecule has 1 aromatic carbocycles. The Morgan fingerprint density at radius 1 is 1.07 bits per heavy atom. The molecule has 152 valence electrons. The smallest absolute Gasteiger partial charge is 0.258 e. The van der Waals surface area contributed by atoms with E-state index in [2.05, 4.69) is 56.9 Å². The second-order valence-corrected chi connectivity index (χ2v) is 9.09. The Balaban J connectivity index is 1.70. The van der Waals surface area contributed by atoms with Crippen LogP contribution in [0.1, 0.15) is 45.4 Å². The van der Waals surface area contributed by atoms with Crippen LogP contribution in [0.5, 0.6) is 0 Å². The van der Waals surface area contributed by atoms with Gasteiger partial charge in [0.15, 0.2) is 0 Å². The summed E-state index contributed by atoms with van der Waals surface area (Å²) in [6, 6.07) is 17.9. The number of pyridine rings is 1. The molecule has 5 heteroatoms. The Labute approximate surface area is 172 Å². The molecule has 1 saturated heterocycles. The summed E-state index contributed by atoms with van der Waals surface area (Å²) in [6.07, 6.45) is 2.69. The molecule has 3 aromatic rings. The second kappa shape index (κ2) is 7.39. The monoisotopic (exact) mass is 391 g/mol. The zero-order valence-electron chi connectivity index (χ0n) is 17.6. The normalized spacial score (nSPS) is 20.4. The molecule has 1 atom stereocenters. The van der Waals surface area contributed by atoms with Crippen LogP contribution in [-0.4, -0.2) is 31.5 Å². The first kappa shape index (κ1) is 19.8. The maximum Gasteiger partial charge on any atom is 0.258 e. The van der Waals surface area contributed by atoms with E-state index in [0.29, 0.717) is 12.2 Å². The molecular weight excluding hydrogens is 362 g/mol. The number of aromatic nitrogens is 2. The predicted octanol–water partition coefficient (Wildman–Crippen LogP) is 4.04. The van der Waals surface area contributed by atoms with Gasteiger partial charge in [0, 0.05) is 31.4 Å². The highest BCUT2D eigenvalue weighted by atomic mass is 16.5. The van der Waals surface area contributed by atoms with Crippen molar-refractivity contribution in [2.75, 3.05) is 0 Å². The Hall–Kier alpha value is -2.50. The van der Waals surface area contributed by atoms with E-state index in [-0.39, 0.29) is 22.8 Å². The molecule has 0 bridgehead atoms. The van der Waals surface area contributed by atoms with Gasteiger partial charge >= 0.3 is 0 Å². The molecule has 1 fully saturated rings. The molecule has 5 nitrogen and oxygen atoms in total. The average molecular weight is 392 g/mol. The number of benzene rings is 1. The molecule has 1 aliphatic rings. The number of ether oxygens (including phenoxy) is 1. The number of nitrogens with zero attached hydrogens (tertiary/aromatic N) is 3. The van der Waals surface area contributed by atoms with Crippen molar-refractivity contribution in [2.45, 2.75) is 64.4 Å². The summed E-state index contributed by atoms with van der Waals surface area (Å²) in [5, 5.41) is 0. The Morgan fingerprint density at radius 3 is 2.48 bits per heavy atom. The lowest BCUT2D eigenvalue weighted by atomic mass is 9.92. The quantitative estimate of drug-likeness (QED) is 0.658. The second-order valence-electron chi connectivity index (χ2n) is 9.09. The van der Waals surface area contributed by atoms with Gasteiger partial charge < -0.3 is 4.74 Å². The van der Waals surface area contributed by atoms with E-state index in [1.54, 1.807) is 16.7 Å². The van der Waals surface area contributed by atoms with Crippen LogP contribution in [0.3, 0.4) is 0 Å². The molecule has 1 unspecified atom stereocenters. The van der Waals surface area contributed by atoms with E-state index in [0.717, 1.165) is 18.7 Å².